The zero-order chi connectivity index (χ0) is 21.7. The minimum absolute atomic E-state index is 0.0419. The Hall–Kier alpha value is -2.25. The van der Waals surface area contributed by atoms with Crippen molar-refractivity contribution in [1.82, 2.24) is 4.90 Å². The van der Waals surface area contributed by atoms with Gasteiger partial charge < -0.3 is 9.64 Å². The SMILES string of the molecule is CN(C(=O)Oc1ccc(C(F)(F)F)cc1)C1CCC(C#CCOS(C)(=O)=O)CC1. The van der Waals surface area contributed by atoms with Gasteiger partial charge in [-0.3, -0.25) is 4.18 Å². The number of benzene rings is 1. The molecule has 1 aromatic rings. The maximum absolute atomic E-state index is 12.6. The lowest BCUT2D eigenvalue weighted by molar-refractivity contribution is -0.137. The molecule has 10 heteroatoms. The first-order valence-electron chi connectivity index (χ1n) is 8.90. The van der Waals surface area contributed by atoms with Gasteiger partial charge in [-0.2, -0.15) is 21.6 Å². The smallest absolute Gasteiger partial charge is 0.410 e. The highest BCUT2D eigenvalue weighted by Gasteiger charge is 2.30. The van der Waals surface area contributed by atoms with Crippen LogP contribution < -0.4 is 4.74 Å². The molecule has 0 unspecified atom stereocenters. The molecule has 1 aromatic carbocycles. The Morgan fingerprint density at radius 1 is 1.17 bits per heavy atom. The first kappa shape index (κ1) is 23.0. The standard InChI is InChI=1S/C19H22F3NO5S/c1-23(18(24)28-17-11-7-15(8-12-17)19(20,21)22)16-9-5-14(6-10-16)4-3-13-27-29(2,25)26/h7-8,11-12,14,16H,5-6,9-10,13H2,1-2H3. The molecule has 0 heterocycles. The van der Waals surface area contributed by atoms with Crippen LogP contribution in [0.2, 0.25) is 0 Å². The van der Waals surface area contributed by atoms with Crippen molar-refractivity contribution in [2.45, 2.75) is 37.9 Å². The van der Waals surface area contributed by atoms with Crippen molar-refractivity contribution in [2.24, 2.45) is 5.92 Å². The van der Waals surface area contributed by atoms with E-state index >= 15 is 0 Å². The molecule has 0 bridgehead atoms. The van der Waals surface area contributed by atoms with Gasteiger partial charge in [0.1, 0.15) is 12.4 Å². The van der Waals surface area contributed by atoms with E-state index in [-0.39, 0.29) is 24.3 Å². The highest BCUT2D eigenvalue weighted by Crippen LogP contribution is 2.31. The van der Waals surface area contributed by atoms with Crippen molar-refractivity contribution < 1.29 is 35.3 Å². The molecule has 2 rings (SSSR count). The van der Waals surface area contributed by atoms with Gasteiger partial charge in [-0.05, 0) is 49.9 Å². The van der Waals surface area contributed by atoms with Gasteiger partial charge >= 0.3 is 12.3 Å². The summed E-state index contributed by atoms with van der Waals surface area (Å²) in [5.74, 6) is 5.80. The average molecular weight is 433 g/mol. The van der Waals surface area contributed by atoms with Crippen LogP contribution in [0.15, 0.2) is 24.3 Å². The maximum Gasteiger partial charge on any atom is 0.416 e. The Balaban J connectivity index is 1.82. The fraction of sp³-hybridized carbons (Fsp3) is 0.526. The molecule has 1 aliphatic carbocycles. The van der Waals surface area contributed by atoms with Gasteiger partial charge in [-0.1, -0.05) is 11.8 Å². The summed E-state index contributed by atoms with van der Waals surface area (Å²) in [6.07, 6.45) is -1.29. The number of amides is 1. The van der Waals surface area contributed by atoms with Crippen LogP contribution in [0.25, 0.3) is 0 Å². The lowest BCUT2D eigenvalue weighted by atomic mass is 9.86. The number of halogens is 3. The van der Waals surface area contributed by atoms with Crippen LogP contribution in [-0.2, 0) is 20.5 Å². The van der Waals surface area contributed by atoms with Crippen molar-refractivity contribution in [3.63, 3.8) is 0 Å². The van der Waals surface area contributed by atoms with Crippen molar-refractivity contribution in [3.05, 3.63) is 29.8 Å². The quantitative estimate of drug-likeness (QED) is 0.535. The Morgan fingerprint density at radius 3 is 2.28 bits per heavy atom. The highest BCUT2D eigenvalue weighted by molar-refractivity contribution is 7.86. The van der Waals surface area contributed by atoms with Crippen LogP contribution in [0, 0.1) is 17.8 Å². The second kappa shape index (κ2) is 9.50. The number of nitrogens with zero attached hydrogens (tertiary/aromatic N) is 1. The number of hydrogen-bond donors (Lipinski definition) is 0. The minimum atomic E-state index is -4.45. The normalized spacial score (nSPS) is 19.8. The van der Waals surface area contributed by atoms with Gasteiger partial charge in [0, 0.05) is 19.0 Å². The molecule has 0 atom stereocenters. The van der Waals surface area contributed by atoms with Gasteiger partial charge in [0.2, 0.25) is 0 Å². The van der Waals surface area contributed by atoms with Gasteiger partial charge in [0.15, 0.2) is 0 Å². The van der Waals surface area contributed by atoms with E-state index in [1.165, 1.54) is 4.90 Å². The Labute approximate surface area is 168 Å². The van der Waals surface area contributed by atoms with Crippen LogP contribution in [0.5, 0.6) is 5.75 Å². The molecule has 1 fully saturated rings. The zero-order valence-corrected chi connectivity index (χ0v) is 16.8. The van der Waals surface area contributed by atoms with Gasteiger partial charge in [-0.25, -0.2) is 4.79 Å². The summed E-state index contributed by atoms with van der Waals surface area (Å²) < 4.78 is 69.2. The predicted octanol–water partition coefficient (Wildman–Crippen LogP) is 3.67. The molecule has 160 valence electrons. The van der Waals surface area contributed by atoms with E-state index in [2.05, 4.69) is 16.0 Å². The van der Waals surface area contributed by atoms with Crippen LogP contribution in [0.1, 0.15) is 31.2 Å². The summed E-state index contributed by atoms with van der Waals surface area (Å²) in [7, 11) is -1.92. The summed E-state index contributed by atoms with van der Waals surface area (Å²) >= 11 is 0. The molecule has 1 aliphatic rings. The van der Waals surface area contributed by atoms with E-state index in [4.69, 9.17) is 4.74 Å². The zero-order valence-electron chi connectivity index (χ0n) is 16.0. The largest absolute Gasteiger partial charge is 0.416 e. The molecule has 1 amide bonds. The second-order valence-corrected chi connectivity index (χ2v) is 8.44. The van der Waals surface area contributed by atoms with Crippen LogP contribution in [0.3, 0.4) is 0 Å². The lowest BCUT2D eigenvalue weighted by Crippen LogP contribution is -2.41. The van der Waals surface area contributed by atoms with Crippen molar-refractivity contribution in [3.8, 4) is 17.6 Å². The van der Waals surface area contributed by atoms with Crippen LogP contribution in [0.4, 0.5) is 18.0 Å². The van der Waals surface area contributed by atoms with Gasteiger partial charge in [-0.15, -0.1) is 0 Å². The van der Waals surface area contributed by atoms with Crippen molar-refractivity contribution in [2.75, 3.05) is 19.9 Å². The Kier molecular flexibility index (Phi) is 7.54. The molecular formula is C19H22F3NO5S. The molecule has 0 radical (unpaired) electrons. The number of hydrogen-bond acceptors (Lipinski definition) is 5. The summed E-state index contributed by atoms with van der Waals surface area (Å²) in [6.45, 7) is -0.182. The molecule has 1 saturated carbocycles. The third kappa shape index (κ3) is 7.59. The Bertz CT molecular complexity index is 864. The average Bonchev–Trinajstić information content (AvgIpc) is 2.64. The van der Waals surface area contributed by atoms with Gasteiger partial charge in [0.25, 0.3) is 10.1 Å². The molecule has 0 aromatic heterocycles. The maximum atomic E-state index is 12.6. The van der Waals surface area contributed by atoms with E-state index < -0.39 is 28.0 Å². The van der Waals surface area contributed by atoms with Crippen LogP contribution >= 0.6 is 0 Å². The fourth-order valence-corrected chi connectivity index (χ4v) is 3.24. The summed E-state index contributed by atoms with van der Waals surface area (Å²) in [5.41, 5.74) is -0.813. The number of carbonyl (C=O) groups is 1. The summed E-state index contributed by atoms with van der Waals surface area (Å²) in [6, 6.07) is 3.88. The van der Waals surface area contributed by atoms with E-state index in [1.54, 1.807) is 7.05 Å². The summed E-state index contributed by atoms with van der Waals surface area (Å²) in [5, 5.41) is 0. The molecule has 6 nitrogen and oxygen atoms in total. The van der Waals surface area contributed by atoms with Gasteiger partial charge in [0.05, 0.1) is 11.8 Å². The molecule has 29 heavy (non-hydrogen) atoms. The molecule has 0 N–H and O–H groups in total. The number of rotatable bonds is 4. The topological polar surface area (TPSA) is 72.9 Å². The van der Waals surface area contributed by atoms with E-state index in [0.29, 0.717) is 12.8 Å². The lowest BCUT2D eigenvalue weighted by Gasteiger charge is -2.32. The third-order valence-electron chi connectivity index (χ3n) is 4.57. The third-order valence-corrected chi connectivity index (χ3v) is 5.12. The minimum Gasteiger partial charge on any atom is -0.410 e. The predicted molar refractivity (Wildman–Crippen MR) is 99.5 cm³/mol. The number of carbonyl (C=O) groups excluding carboxylic acids is 1. The van der Waals surface area contributed by atoms with Crippen molar-refractivity contribution >= 4 is 16.2 Å². The van der Waals surface area contributed by atoms with E-state index in [9.17, 15) is 26.4 Å². The molecule has 0 saturated heterocycles. The molecule has 0 aliphatic heterocycles. The number of alkyl halides is 3. The van der Waals surface area contributed by atoms with Crippen molar-refractivity contribution in [1.29, 1.82) is 0 Å². The second-order valence-electron chi connectivity index (χ2n) is 6.79. The summed E-state index contributed by atoms with van der Waals surface area (Å²) in [4.78, 5) is 13.7. The fourth-order valence-electron chi connectivity index (χ4n) is 2.96. The molecular weight excluding hydrogens is 411 g/mol. The van der Waals surface area contributed by atoms with E-state index in [1.807, 2.05) is 0 Å². The first-order chi connectivity index (χ1) is 13.5. The monoisotopic (exact) mass is 433 g/mol. The highest BCUT2D eigenvalue weighted by atomic mass is 32.2. The molecule has 0 spiro atoms. The van der Waals surface area contributed by atoms with Crippen LogP contribution in [-0.4, -0.2) is 45.4 Å². The first-order valence-corrected chi connectivity index (χ1v) is 10.7. The van der Waals surface area contributed by atoms with E-state index in [0.717, 1.165) is 43.4 Å². The Morgan fingerprint density at radius 2 is 1.76 bits per heavy atom. The number of ether oxygens (including phenoxy) is 1.